The van der Waals surface area contributed by atoms with Crippen LogP contribution >= 0.6 is 11.6 Å². The Balaban J connectivity index is 1.74. The molecule has 1 fully saturated rings. The van der Waals surface area contributed by atoms with Crippen LogP contribution in [0.2, 0.25) is 5.02 Å². The highest BCUT2D eigenvalue weighted by Gasteiger charge is 2.28. The minimum atomic E-state index is -0.364. The van der Waals surface area contributed by atoms with Crippen molar-refractivity contribution in [2.45, 2.75) is 25.8 Å². The number of halogens is 1. The summed E-state index contributed by atoms with van der Waals surface area (Å²) in [6.07, 6.45) is 3.67. The van der Waals surface area contributed by atoms with E-state index < -0.39 is 0 Å². The van der Waals surface area contributed by atoms with E-state index in [9.17, 15) is 9.59 Å². The van der Waals surface area contributed by atoms with E-state index in [1.807, 2.05) is 0 Å². The first-order valence-electron chi connectivity index (χ1n) is 8.14. The molecular formula is C18H20ClN3O3. The average molecular weight is 362 g/mol. The van der Waals surface area contributed by atoms with Gasteiger partial charge in [-0.3, -0.25) is 9.59 Å². The zero-order valence-electron chi connectivity index (χ0n) is 13.8. The molecule has 7 heteroatoms. The van der Waals surface area contributed by atoms with Gasteiger partial charge in [-0.2, -0.15) is 0 Å². The molecule has 25 heavy (non-hydrogen) atoms. The number of nitrogens with two attached hydrogens (primary N) is 1. The number of nitrogens with one attached hydrogen (secondary N) is 2. The molecule has 0 radical (unpaired) electrons. The maximum atomic E-state index is 12.5. The standard InChI is InChI=1S/C18H20ClN3O3/c1-10-13(6-7-25-10)18(24)22-16-8-12(19)4-5-14(16)17(23)21-9-15(20)11-2-3-11/h4-8,11,15H,2-3,9,20H2,1H3,(H,21,23)(H,22,24). The molecule has 0 bridgehead atoms. The molecule has 3 rings (SSSR count). The second kappa shape index (κ2) is 7.29. The van der Waals surface area contributed by atoms with Crippen LogP contribution in [0.5, 0.6) is 0 Å². The summed E-state index contributed by atoms with van der Waals surface area (Å²) in [5.74, 6) is 0.332. The topological polar surface area (TPSA) is 97.4 Å². The Morgan fingerprint density at radius 1 is 1.28 bits per heavy atom. The minimum absolute atomic E-state index is 0.0390. The van der Waals surface area contributed by atoms with Gasteiger partial charge >= 0.3 is 0 Å². The number of benzene rings is 1. The van der Waals surface area contributed by atoms with Crippen molar-refractivity contribution < 1.29 is 14.0 Å². The zero-order chi connectivity index (χ0) is 18.0. The molecule has 0 saturated heterocycles. The first-order chi connectivity index (χ1) is 12.0. The van der Waals surface area contributed by atoms with E-state index in [2.05, 4.69) is 10.6 Å². The molecule has 1 aliphatic rings. The third-order valence-corrected chi connectivity index (χ3v) is 4.54. The molecule has 6 nitrogen and oxygen atoms in total. The van der Waals surface area contributed by atoms with E-state index in [4.69, 9.17) is 21.8 Å². The number of furan rings is 1. The number of aryl methyl sites for hydroxylation is 1. The van der Waals surface area contributed by atoms with Crippen LogP contribution in [0.25, 0.3) is 0 Å². The molecule has 1 unspecified atom stereocenters. The van der Waals surface area contributed by atoms with Crippen LogP contribution in [0, 0.1) is 12.8 Å². The number of carbonyl (C=O) groups is 2. The normalized spacial score (nSPS) is 14.8. The van der Waals surface area contributed by atoms with Gasteiger partial charge in [-0.1, -0.05) is 11.6 Å². The Kier molecular flexibility index (Phi) is 5.11. The fraction of sp³-hybridized carbons (Fsp3) is 0.333. The van der Waals surface area contributed by atoms with Crippen LogP contribution < -0.4 is 16.4 Å². The van der Waals surface area contributed by atoms with E-state index in [0.717, 1.165) is 12.8 Å². The van der Waals surface area contributed by atoms with Crippen LogP contribution in [-0.4, -0.2) is 24.4 Å². The summed E-state index contributed by atoms with van der Waals surface area (Å²) in [5.41, 5.74) is 7.10. The lowest BCUT2D eigenvalue weighted by molar-refractivity contribution is 0.0951. The van der Waals surface area contributed by atoms with Crippen LogP contribution in [-0.2, 0) is 0 Å². The Morgan fingerprint density at radius 2 is 2.04 bits per heavy atom. The molecule has 1 aromatic heterocycles. The van der Waals surface area contributed by atoms with Crippen molar-refractivity contribution in [1.82, 2.24) is 5.32 Å². The lowest BCUT2D eigenvalue weighted by Gasteiger charge is -2.14. The monoisotopic (exact) mass is 361 g/mol. The molecule has 1 aromatic carbocycles. The van der Waals surface area contributed by atoms with Gasteiger partial charge in [0.2, 0.25) is 0 Å². The van der Waals surface area contributed by atoms with Crippen molar-refractivity contribution in [2.24, 2.45) is 11.7 Å². The Morgan fingerprint density at radius 3 is 2.68 bits per heavy atom. The summed E-state index contributed by atoms with van der Waals surface area (Å²) in [4.78, 5) is 24.9. The van der Waals surface area contributed by atoms with Crippen molar-refractivity contribution in [3.63, 3.8) is 0 Å². The first-order valence-corrected chi connectivity index (χ1v) is 8.52. The van der Waals surface area contributed by atoms with Crippen LogP contribution in [0.3, 0.4) is 0 Å². The van der Waals surface area contributed by atoms with Crippen molar-refractivity contribution in [3.05, 3.63) is 52.4 Å². The third kappa shape index (κ3) is 4.21. The van der Waals surface area contributed by atoms with Crippen molar-refractivity contribution in [1.29, 1.82) is 0 Å². The maximum absolute atomic E-state index is 12.5. The Labute approximate surface area is 150 Å². The molecule has 2 aromatic rings. The van der Waals surface area contributed by atoms with Crippen molar-refractivity contribution >= 4 is 29.1 Å². The minimum Gasteiger partial charge on any atom is -0.469 e. The van der Waals surface area contributed by atoms with Crippen LogP contribution in [0.4, 0.5) is 5.69 Å². The van der Waals surface area contributed by atoms with E-state index >= 15 is 0 Å². The van der Waals surface area contributed by atoms with Gasteiger partial charge in [0.15, 0.2) is 0 Å². The summed E-state index contributed by atoms with van der Waals surface area (Å²) in [6.45, 7) is 2.10. The van der Waals surface area contributed by atoms with Gasteiger partial charge in [-0.15, -0.1) is 0 Å². The average Bonchev–Trinajstić information content (AvgIpc) is 3.34. The van der Waals surface area contributed by atoms with Gasteiger partial charge < -0.3 is 20.8 Å². The van der Waals surface area contributed by atoms with Gasteiger partial charge in [0.25, 0.3) is 11.8 Å². The highest BCUT2D eigenvalue weighted by atomic mass is 35.5. The quantitative estimate of drug-likeness (QED) is 0.736. The fourth-order valence-corrected chi connectivity index (χ4v) is 2.80. The van der Waals surface area contributed by atoms with Crippen molar-refractivity contribution in [3.8, 4) is 0 Å². The number of anilines is 1. The Hall–Kier alpha value is -2.31. The largest absolute Gasteiger partial charge is 0.469 e. The number of rotatable bonds is 6. The number of carbonyl (C=O) groups excluding carboxylic acids is 2. The number of amides is 2. The third-order valence-electron chi connectivity index (χ3n) is 4.30. The smallest absolute Gasteiger partial charge is 0.259 e. The zero-order valence-corrected chi connectivity index (χ0v) is 14.6. The predicted octanol–water partition coefficient (Wildman–Crippen LogP) is 2.96. The van der Waals surface area contributed by atoms with E-state index in [1.165, 1.54) is 6.26 Å². The highest BCUT2D eigenvalue weighted by molar-refractivity contribution is 6.31. The molecule has 0 aliphatic heterocycles. The SMILES string of the molecule is Cc1occc1C(=O)Nc1cc(Cl)ccc1C(=O)NCC(N)C1CC1. The molecule has 1 atom stereocenters. The fourth-order valence-electron chi connectivity index (χ4n) is 2.62. The summed E-state index contributed by atoms with van der Waals surface area (Å²) in [7, 11) is 0. The molecule has 132 valence electrons. The highest BCUT2D eigenvalue weighted by Crippen LogP contribution is 2.31. The van der Waals surface area contributed by atoms with Gasteiger partial charge in [0, 0.05) is 17.6 Å². The van der Waals surface area contributed by atoms with Crippen molar-refractivity contribution in [2.75, 3.05) is 11.9 Å². The molecule has 2 amide bonds. The van der Waals surface area contributed by atoms with Gasteiger partial charge in [-0.25, -0.2) is 0 Å². The van der Waals surface area contributed by atoms with Gasteiger partial charge in [-0.05, 0) is 49.9 Å². The van der Waals surface area contributed by atoms with Crippen LogP contribution in [0.15, 0.2) is 34.9 Å². The molecule has 4 N–H and O–H groups in total. The van der Waals surface area contributed by atoms with Gasteiger partial charge in [0.1, 0.15) is 5.76 Å². The summed E-state index contributed by atoms with van der Waals surface area (Å²) < 4.78 is 5.14. The lowest BCUT2D eigenvalue weighted by Crippen LogP contribution is -2.38. The molecular weight excluding hydrogens is 342 g/mol. The summed E-state index contributed by atoms with van der Waals surface area (Å²) >= 11 is 6.02. The molecule has 0 spiro atoms. The lowest BCUT2D eigenvalue weighted by atomic mass is 10.1. The summed E-state index contributed by atoms with van der Waals surface area (Å²) in [6, 6.07) is 6.27. The van der Waals surface area contributed by atoms with E-state index in [-0.39, 0.29) is 17.9 Å². The second-order valence-corrected chi connectivity index (χ2v) is 6.68. The van der Waals surface area contributed by atoms with Gasteiger partial charge in [0.05, 0.1) is 23.1 Å². The summed E-state index contributed by atoms with van der Waals surface area (Å²) in [5, 5.41) is 5.97. The second-order valence-electron chi connectivity index (χ2n) is 6.25. The van der Waals surface area contributed by atoms with Crippen LogP contribution in [0.1, 0.15) is 39.3 Å². The molecule has 1 saturated carbocycles. The molecule has 1 heterocycles. The first kappa shape index (κ1) is 17.5. The molecule has 1 aliphatic carbocycles. The number of hydrogen-bond acceptors (Lipinski definition) is 4. The van der Waals surface area contributed by atoms with E-state index in [0.29, 0.717) is 40.1 Å². The van der Waals surface area contributed by atoms with E-state index in [1.54, 1.807) is 31.2 Å². The predicted molar refractivity (Wildman–Crippen MR) is 95.9 cm³/mol. The Bertz CT molecular complexity index is 799. The maximum Gasteiger partial charge on any atom is 0.259 e. The number of hydrogen-bond donors (Lipinski definition) is 3.